The third-order valence-electron chi connectivity index (χ3n) is 6.87. The molecule has 0 spiro atoms. The summed E-state index contributed by atoms with van der Waals surface area (Å²) in [4.78, 5) is 0. The Morgan fingerprint density at radius 2 is 1.86 bits per heavy atom. The molecule has 5 atom stereocenters. The molecule has 21 heavy (non-hydrogen) atoms. The first-order chi connectivity index (χ1) is 9.86. The highest BCUT2D eigenvalue weighted by molar-refractivity contribution is 5.19. The summed E-state index contributed by atoms with van der Waals surface area (Å²) in [5.41, 5.74) is 1.79. The zero-order chi connectivity index (χ0) is 15.3. The van der Waals surface area contributed by atoms with E-state index in [-0.39, 0.29) is 6.04 Å². The van der Waals surface area contributed by atoms with Gasteiger partial charge in [0.25, 0.3) is 0 Å². The molecule has 2 N–H and O–H groups in total. The molecule has 2 saturated carbocycles. The van der Waals surface area contributed by atoms with Crippen molar-refractivity contribution in [1.29, 1.82) is 0 Å². The third-order valence-corrected chi connectivity index (χ3v) is 6.87. The van der Waals surface area contributed by atoms with E-state index in [0.717, 1.165) is 11.5 Å². The summed E-state index contributed by atoms with van der Waals surface area (Å²) in [6.45, 7) is 9.43. The molecular formula is C19H29NO. The van der Waals surface area contributed by atoms with Crippen molar-refractivity contribution in [3.63, 3.8) is 0 Å². The van der Waals surface area contributed by atoms with E-state index in [9.17, 15) is 5.11 Å². The number of nitrogens with one attached hydrogen (secondary N) is 1. The van der Waals surface area contributed by atoms with Crippen LogP contribution < -0.4 is 5.32 Å². The highest BCUT2D eigenvalue weighted by atomic mass is 16.3. The second-order valence-electron chi connectivity index (χ2n) is 7.97. The molecule has 2 fully saturated rings. The first kappa shape index (κ1) is 15.1. The van der Waals surface area contributed by atoms with Gasteiger partial charge in [0.15, 0.2) is 0 Å². The molecule has 3 rings (SSSR count). The van der Waals surface area contributed by atoms with Crippen LogP contribution in [0.25, 0.3) is 0 Å². The van der Waals surface area contributed by atoms with Gasteiger partial charge in [0.05, 0.1) is 6.10 Å². The molecule has 0 radical (unpaired) electrons. The van der Waals surface area contributed by atoms with Crippen molar-refractivity contribution in [3.05, 3.63) is 35.9 Å². The van der Waals surface area contributed by atoms with Crippen molar-refractivity contribution in [2.75, 3.05) is 0 Å². The van der Waals surface area contributed by atoms with Crippen molar-refractivity contribution >= 4 is 0 Å². The van der Waals surface area contributed by atoms with Gasteiger partial charge < -0.3 is 10.4 Å². The fourth-order valence-corrected chi connectivity index (χ4v) is 4.80. The summed E-state index contributed by atoms with van der Waals surface area (Å²) < 4.78 is 0. The standard InChI is InChI=1S/C19H29NO/c1-13(17(21)14-8-6-5-7-9-14)20-16-12-15-10-11-19(16,4)18(15,2)3/h5-9,13,15-17,20-21H,10-12H2,1-4H3/t13-,15+,16+,17-,19-/m0/s1. The lowest BCUT2D eigenvalue weighted by Gasteiger charge is -2.41. The average Bonchev–Trinajstić information content (AvgIpc) is 2.80. The number of benzene rings is 1. The van der Waals surface area contributed by atoms with Crippen LogP contribution in [0.4, 0.5) is 0 Å². The minimum Gasteiger partial charge on any atom is -0.387 e. The topological polar surface area (TPSA) is 32.3 Å². The van der Waals surface area contributed by atoms with E-state index in [1.165, 1.54) is 19.3 Å². The van der Waals surface area contributed by atoms with Crippen LogP contribution >= 0.6 is 0 Å². The maximum atomic E-state index is 10.6. The summed E-state index contributed by atoms with van der Waals surface area (Å²) >= 11 is 0. The van der Waals surface area contributed by atoms with Gasteiger partial charge in [-0.25, -0.2) is 0 Å². The smallest absolute Gasteiger partial charge is 0.0940 e. The highest BCUT2D eigenvalue weighted by Gasteiger charge is 2.61. The quantitative estimate of drug-likeness (QED) is 0.880. The first-order valence-electron chi connectivity index (χ1n) is 8.35. The minimum atomic E-state index is -0.433. The van der Waals surface area contributed by atoms with Crippen LogP contribution in [0.1, 0.15) is 58.6 Å². The molecule has 2 aliphatic rings. The number of aliphatic hydroxyl groups is 1. The predicted octanol–water partition coefficient (Wildman–Crippen LogP) is 3.91. The highest BCUT2D eigenvalue weighted by Crippen LogP contribution is 2.65. The van der Waals surface area contributed by atoms with Crippen molar-refractivity contribution in [3.8, 4) is 0 Å². The molecule has 2 heteroatoms. The first-order valence-corrected chi connectivity index (χ1v) is 8.35. The second kappa shape index (κ2) is 5.10. The van der Waals surface area contributed by atoms with Gasteiger partial charge >= 0.3 is 0 Å². The Bertz CT molecular complexity index is 498. The van der Waals surface area contributed by atoms with Crippen molar-refractivity contribution in [1.82, 2.24) is 5.32 Å². The summed E-state index contributed by atoms with van der Waals surface area (Å²) in [7, 11) is 0. The summed E-state index contributed by atoms with van der Waals surface area (Å²) in [6, 6.07) is 10.6. The van der Waals surface area contributed by atoms with Gasteiger partial charge in [-0.2, -0.15) is 0 Å². The maximum Gasteiger partial charge on any atom is 0.0940 e. The van der Waals surface area contributed by atoms with Crippen LogP contribution in [0.5, 0.6) is 0 Å². The lowest BCUT2D eigenvalue weighted by molar-refractivity contribution is 0.0836. The Kier molecular flexibility index (Phi) is 3.66. The van der Waals surface area contributed by atoms with Gasteiger partial charge in [0.1, 0.15) is 0 Å². The van der Waals surface area contributed by atoms with Gasteiger partial charge in [-0.3, -0.25) is 0 Å². The van der Waals surface area contributed by atoms with Gasteiger partial charge in [-0.15, -0.1) is 0 Å². The molecule has 0 amide bonds. The van der Waals surface area contributed by atoms with E-state index in [0.29, 0.717) is 16.9 Å². The van der Waals surface area contributed by atoms with E-state index in [1.807, 2.05) is 30.3 Å². The molecule has 2 nitrogen and oxygen atoms in total. The van der Waals surface area contributed by atoms with Gasteiger partial charge in [0.2, 0.25) is 0 Å². The van der Waals surface area contributed by atoms with Crippen LogP contribution in [0.2, 0.25) is 0 Å². The van der Waals surface area contributed by atoms with Crippen LogP contribution in [0.15, 0.2) is 30.3 Å². The lowest BCUT2D eigenvalue weighted by Crippen LogP contribution is -2.49. The second-order valence-corrected chi connectivity index (χ2v) is 7.97. The van der Waals surface area contributed by atoms with E-state index < -0.39 is 6.10 Å². The SMILES string of the molecule is C[C@H](N[C@@H]1C[C@H]2CC[C@]1(C)C2(C)C)[C@H](O)c1ccccc1. The number of hydrogen-bond acceptors (Lipinski definition) is 2. The molecular weight excluding hydrogens is 258 g/mol. The molecule has 0 aromatic heterocycles. The van der Waals surface area contributed by atoms with Crippen LogP contribution in [-0.4, -0.2) is 17.2 Å². The number of aliphatic hydroxyl groups excluding tert-OH is 1. The zero-order valence-corrected chi connectivity index (χ0v) is 13.8. The molecule has 0 saturated heterocycles. The average molecular weight is 287 g/mol. The van der Waals surface area contributed by atoms with Gasteiger partial charge in [-0.1, -0.05) is 51.1 Å². The van der Waals surface area contributed by atoms with E-state index in [2.05, 4.69) is 33.0 Å². The molecule has 0 unspecified atom stereocenters. The predicted molar refractivity (Wildman–Crippen MR) is 87.0 cm³/mol. The van der Waals surface area contributed by atoms with Crippen LogP contribution in [0.3, 0.4) is 0 Å². The molecule has 1 aromatic rings. The largest absolute Gasteiger partial charge is 0.387 e. The number of fused-ring (bicyclic) bond motifs is 2. The van der Waals surface area contributed by atoms with Crippen molar-refractivity contribution in [2.24, 2.45) is 16.7 Å². The van der Waals surface area contributed by atoms with E-state index >= 15 is 0 Å². The van der Waals surface area contributed by atoms with Crippen molar-refractivity contribution < 1.29 is 5.11 Å². The van der Waals surface area contributed by atoms with Crippen LogP contribution in [-0.2, 0) is 0 Å². The molecule has 1 aromatic carbocycles. The summed E-state index contributed by atoms with van der Waals surface area (Å²) in [5, 5.41) is 14.3. The third kappa shape index (κ3) is 2.24. The van der Waals surface area contributed by atoms with Crippen LogP contribution in [0, 0.1) is 16.7 Å². The molecule has 0 heterocycles. The van der Waals surface area contributed by atoms with Gasteiger partial charge in [0, 0.05) is 12.1 Å². The Morgan fingerprint density at radius 3 is 2.38 bits per heavy atom. The van der Waals surface area contributed by atoms with Gasteiger partial charge in [-0.05, 0) is 48.5 Å². The summed E-state index contributed by atoms with van der Waals surface area (Å²) in [5.74, 6) is 0.834. The Morgan fingerprint density at radius 1 is 1.19 bits per heavy atom. The fraction of sp³-hybridized carbons (Fsp3) is 0.684. The minimum absolute atomic E-state index is 0.0874. The van der Waals surface area contributed by atoms with Crippen molar-refractivity contribution in [2.45, 2.75) is 65.1 Å². The molecule has 2 aliphatic carbocycles. The Balaban J connectivity index is 1.71. The molecule has 0 aliphatic heterocycles. The molecule has 2 bridgehead atoms. The monoisotopic (exact) mass is 287 g/mol. The normalized spacial score (nSPS) is 36.6. The summed E-state index contributed by atoms with van der Waals surface area (Å²) in [6.07, 6.45) is 3.51. The fourth-order valence-electron chi connectivity index (χ4n) is 4.80. The lowest BCUT2D eigenvalue weighted by atomic mass is 9.69. The van der Waals surface area contributed by atoms with E-state index in [1.54, 1.807) is 0 Å². The number of rotatable bonds is 4. The zero-order valence-electron chi connectivity index (χ0n) is 13.8. The number of hydrogen-bond donors (Lipinski definition) is 2. The Labute approximate surface area is 129 Å². The Hall–Kier alpha value is -0.860. The maximum absolute atomic E-state index is 10.6. The van der Waals surface area contributed by atoms with E-state index in [4.69, 9.17) is 0 Å². The molecule has 116 valence electrons.